The largest absolute Gasteiger partial charge is 0.481 e. The Balaban J connectivity index is 2.17. The van der Waals surface area contributed by atoms with Gasteiger partial charge in [-0.05, 0) is 18.9 Å². The Hall–Kier alpha value is -1.88. The number of rotatable bonds is 2. The molecule has 0 saturated heterocycles. The molecule has 0 atom stereocenters. The molecule has 5 heteroatoms. The van der Waals surface area contributed by atoms with Crippen LogP contribution >= 0.6 is 0 Å². The first-order valence-corrected chi connectivity index (χ1v) is 5.56. The molecule has 0 spiro atoms. The zero-order chi connectivity index (χ0) is 12.0. The molecule has 4 N–H and O–H groups in total. The summed E-state index contributed by atoms with van der Waals surface area (Å²) in [7, 11) is 0. The van der Waals surface area contributed by atoms with Crippen molar-refractivity contribution in [1.29, 1.82) is 0 Å². The van der Waals surface area contributed by atoms with Gasteiger partial charge in [0.15, 0.2) is 0 Å². The maximum Gasteiger partial charge on any atom is 0.315 e. The molecule has 0 radical (unpaired) electrons. The number of para-hydroxylation sites is 1. The van der Waals surface area contributed by atoms with Crippen molar-refractivity contribution < 1.29 is 9.90 Å². The lowest BCUT2D eigenvalue weighted by Gasteiger charge is -2.41. The molecule has 5 nitrogen and oxygen atoms in total. The standard InChI is InChI=1S/C12H13N3O2/c13-7-5-12(6-7,11(16)17)10-8-3-1-2-4-9(8)14-15-10/h1-4,7H,5-6,13H2,(H,14,15)(H,16,17). The fourth-order valence-electron chi connectivity index (χ4n) is 2.64. The second-order valence-corrected chi connectivity index (χ2v) is 4.67. The van der Waals surface area contributed by atoms with Gasteiger partial charge >= 0.3 is 5.97 Å². The summed E-state index contributed by atoms with van der Waals surface area (Å²) in [5, 5.41) is 17.3. The van der Waals surface area contributed by atoms with E-state index in [4.69, 9.17) is 5.73 Å². The van der Waals surface area contributed by atoms with Gasteiger partial charge in [0, 0.05) is 11.4 Å². The van der Waals surface area contributed by atoms with E-state index in [1.54, 1.807) is 0 Å². The normalized spacial score (nSPS) is 27.9. The van der Waals surface area contributed by atoms with E-state index >= 15 is 0 Å². The quantitative estimate of drug-likeness (QED) is 0.719. The smallest absolute Gasteiger partial charge is 0.315 e. The fraction of sp³-hybridized carbons (Fsp3) is 0.333. The van der Waals surface area contributed by atoms with Crippen molar-refractivity contribution in [3.63, 3.8) is 0 Å². The molecule has 1 heterocycles. The lowest BCUT2D eigenvalue weighted by molar-refractivity contribution is -0.148. The highest BCUT2D eigenvalue weighted by Crippen LogP contribution is 2.44. The van der Waals surface area contributed by atoms with Crippen LogP contribution in [0.1, 0.15) is 18.5 Å². The molecular weight excluding hydrogens is 218 g/mol. The van der Waals surface area contributed by atoms with Crippen LogP contribution < -0.4 is 5.73 Å². The maximum atomic E-state index is 11.5. The third-order valence-electron chi connectivity index (χ3n) is 3.57. The highest BCUT2D eigenvalue weighted by atomic mass is 16.4. The van der Waals surface area contributed by atoms with Crippen molar-refractivity contribution in [3.8, 4) is 0 Å². The molecule has 1 aromatic heterocycles. The number of aromatic nitrogens is 2. The Labute approximate surface area is 97.6 Å². The summed E-state index contributed by atoms with van der Waals surface area (Å²) in [6, 6.07) is 7.49. The van der Waals surface area contributed by atoms with Crippen LogP contribution in [0, 0.1) is 0 Å². The molecule has 0 aliphatic heterocycles. The number of carboxylic acid groups (broad SMARTS) is 1. The Morgan fingerprint density at radius 3 is 2.82 bits per heavy atom. The zero-order valence-corrected chi connectivity index (χ0v) is 9.18. The van der Waals surface area contributed by atoms with E-state index in [1.807, 2.05) is 24.3 Å². The number of aromatic amines is 1. The van der Waals surface area contributed by atoms with Crippen LogP contribution in [0.5, 0.6) is 0 Å². The minimum atomic E-state index is -0.879. The minimum Gasteiger partial charge on any atom is -0.481 e. The van der Waals surface area contributed by atoms with E-state index in [9.17, 15) is 9.90 Å². The number of nitrogens with one attached hydrogen (secondary N) is 1. The van der Waals surface area contributed by atoms with Crippen LogP contribution in [-0.4, -0.2) is 27.3 Å². The van der Waals surface area contributed by atoms with E-state index in [0.29, 0.717) is 18.5 Å². The van der Waals surface area contributed by atoms with Gasteiger partial charge in [-0.2, -0.15) is 5.10 Å². The van der Waals surface area contributed by atoms with Gasteiger partial charge in [0.25, 0.3) is 0 Å². The average Bonchev–Trinajstić information content (AvgIpc) is 2.68. The number of nitrogens with two attached hydrogens (primary N) is 1. The summed E-state index contributed by atoms with van der Waals surface area (Å²) in [6.45, 7) is 0. The van der Waals surface area contributed by atoms with Crippen molar-refractivity contribution in [1.82, 2.24) is 10.2 Å². The number of H-pyrrole nitrogens is 1. The molecule has 0 amide bonds. The molecule has 1 aliphatic rings. The van der Waals surface area contributed by atoms with E-state index in [2.05, 4.69) is 10.2 Å². The van der Waals surface area contributed by atoms with Gasteiger partial charge in [0.05, 0.1) is 11.2 Å². The van der Waals surface area contributed by atoms with E-state index < -0.39 is 11.4 Å². The van der Waals surface area contributed by atoms with Crippen LogP contribution in [0.15, 0.2) is 24.3 Å². The van der Waals surface area contributed by atoms with Crippen molar-refractivity contribution >= 4 is 16.9 Å². The number of nitrogens with zero attached hydrogens (tertiary/aromatic N) is 1. The number of hydrogen-bond donors (Lipinski definition) is 3. The minimum absolute atomic E-state index is 0.0341. The first-order valence-electron chi connectivity index (χ1n) is 5.56. The van der Waals surface area contributed by atoms with Crippen LogP contribution in [0.25, 0.3) is 10.9 Å². The molecule has 1 aliphatic carbocycles. The van der Waals surface area contributed by atoms with E-state index in [0.717, 1.165) is 10.9 Å². The van der Waals surface area contributed by atoms with Gasteiger partial charge in [-0.3, -0.25) is 9.89 Å². The monoisotopic (exact) mass is 231 g/mol. The van der Waals surface area contributed by atoms with Crippen LogP contribution in [0.3, 0.4) is 0 Å². The van der Waals surface area contributed by atoms with Crippen molar-refractivity contribution in [2.75, 3.05) is 0 Å². The Morgan fingerprint density at radius 2 is 2.18 bits per heavy atom. The Kier molecular flexibility index (Phi) is 2.00. The molecule has 88 valence electrons. The van der Waals surface area contributed by atoms with Gasteiger partial charge in [-0.25, -0.2) is 0 Å². The first kappa shape index (κ1) is 10.3. The molecule has 2 aromatic rings. The molecular formula is C12H13N3O2. The summed E-state index contributed by atoms with van der Waals surface area (Å²) in [6.07, 6.45) is 0.934. The predicted molar refractivity (Wildman–Crippen MR) is 62.6 cm³/mol. The van der Waals surface area contributed by atoms with Gasteiger partial charge < -0.3 is 10.8 Å². The molecule has 0 unspecified atom stereocenters. The Morgan fingerprint density at radius 1 is 1.47 bits per heavy atom. The lowest BCUT2D eigenvalue weighted by Crippen LogP contribution is -2.54. The topological polar surface area (TPSA) is 92.0 Å². The second-order valence-electron chi connectivity index (χ2n) is 4.67. The van der Waals surface area contributed by atoms with Gasteiger partial charge in [-0.15, -0.1) is 0 Å². The van der Waals surface area contributed by atoms with Gasteiger partial charge in [-0.1, -0.05) is 18.2 Å². The van der Waals surface area contributed by atoms with Crippen LogP contribution in [-0.2, 0) is 10.2 Å². The third kappa shape index (κ3) is 1.29. The summed E-state index contributed by atoms with van der Waals surface area (Å²) < 4.78 is 0. The number of carboxylic acids is 1. The molecule has 17 heavy (non-hydrogen) atoms. The molecule has 1 aromatic carbocycles. The van der Waals surface area contributed by atoms with Crippen molar-refractivity contribution in [2.24, 2.45) is 5.73 Å². The number of hydrogen-bond acceptors (Lipinski definition) is 3. The van der Waals surface area contributed by atoms with Gasteiger partial charge in [0.1, 0.15) is 5.41 Å². The molecule has 0 bridgehead atoms. The first-order chi connectivity index (χ1) is 8.13. The van der Waals surface area contributed by atoms with Crippen molar-refractivity contribution in [3.05, 3.63) is 30.0 Å². The Bertz CT molecular complexity index is 584. The number of benzene rings is 1. The zero-order valence-electron chi connectivity index (χ0n) is 9.18. The molecule has 1 fully saturated rings. The van der Waals surface area contributed by atoms with Gasteiger partial charge in [0.2, 0.25) is 0 Å². The highest BCUT2D eigenvalue weighted by molar-refractivity contribution is 5.91. The summed E-state index contributed by atoms with van der Waals surface area (Å²) in [5.74, 6) is -0.825. The maximum absolute atomic E-state index is 11.5. The average molecular weight is 231 g/mol. The fourth-order valence-corrected chi connectivity index (χ4v) is 2.64. The molecule has 1 saturated carbocycles. The summed E-state index contributed by atoms with van der Waals surface area (Å²) in [5.41, 5.74) is 6.34. The van der Waals surface area contributed by atoms with E-state index in [1.165, 1.54) is 0 Å². The summed E-state index contributed by atoms with van der Waals surface area (Å²) >= 11 is 0. The van der Waals surface area contributed by atoms with E-state index in [-0.39, 0.29) is 6.04 Å². The lowest BCUT2D eigenvalue weighted by atomic mass is 9.63. The van der Waals surface area contributed by atoms with Crippen molar-refractivity contribution in [2.45, 2.75) is 24.3 Å². The number of carbonyl (C=O) groups is 1. The molecule has 3 rings (SSSR count). The predicted octanol–water partition coefficient (Wildman–Crippen LogP) is 1.01. The SMILES string of the molecule is NC1CC(C(=O)O)(c2[nH]nc3ccccc23)C1. The second kappa shape index (κ2) is 3.30. The van der Waals surface area contributed by atoms with Crippen LogP contribution in [0.4, 0.5) is 0 Å². The third-order valence-corrected chi connectivity index (χ3v) is 3.57. The van der Waals surface area contributed by atoms with Crippen LogP contribution in [0.2, 0.25) is 0 Å². The highest BCUT2D eigenvalue weighted by Gasteiger charge is 2.52. The number of aliphatic carboxylic acids is 1. The number of fused-ring (bicyclic) bond motifs is 1. The summed E-state index contributed by atoms with van der Waals surface area (Å²) in [4.78, 5) is 11.5.